The number of aromatic nitrogens is 2. The zero-order valence-corrected chi connectivity index (χ0v) is 15.1. The average molecular weight is 345 g/mol. The SMILES string of the molecule is Cc1cccc(-n2nc(-c3ccccc3)cc2C(=O)N2CCCCC2)c1. The number of hydrogen-bond donors (Lipinski definition) is 0. The Morgan fingerprint density at radius 1 is 0.923 bits per heavy atom. The van der Waals surface area contributed by atoms with Gasteiger partial charge in [-0.3, -0.25) is 4.79 Å². The number of hydrogen-bond acceptors (Lipinski definition) is 2. The minimum absolute atomic E-state index is 0.0703. The van der Waals surface area contributed by atoms with Gasteiger partial charge in [-0.25, -0.2) is 4.68 Å². The van der Waals surface area contributed by atoms with E-state index in [2.05, 4.69) is 19.1 Å². The Morgan fingerprint density at radius 3 is 2.42 bits per heavy atom. The summed E-state index contributed by atoms with van der Waals surface area (Å²) in [4.78, 5) is 15.1. The van der Waals surface area contributed by atoms with Gasteiger partial charge in [0.05, 0.1) is 11.4 Å². The third-order valence-electron chi connectivity index (χ3n) is 4.89. The van der Waals surface area contributed by atoms with E-state index in [9.17, 15) is 4.79 Å². The fraction of sp³-hybridized carbons (Fsp3) is 0.273. The molecule has 2 heterocycles. The number of piperidine rings is 1. The second kappa shape index (κ2) is 7.16. The summed E-state index contributed by atoms with van der Waals surface area (Å²) >= 11 is 0. The predicted octanol–water partition coefficient (Wildman–Crippen LogP) is 4.47. The summed E-state index contributed by atoms with van der Waals surface area (Å²) in [5.74, 6) is 0.0703. The summed E-state index contributed by atoms with van der Waals surface area (Å²) in [6, 6.07) is 20.1. The van der Waals surface area contributed by atoms with Gasteiger partial charge in [0.2, 0.25) is 0 Å². The van der Waals surface area contributed by atoms with E-state index in [1.54, 1.807) is 4.68 Å². The number of likely N-dealkylation sites (tertiary alicyclic amines) is 1. The first-order valence-electron chi connectivity index (χ1n) is 9.24. The molecule has 1 amide bonds. The standard InChI is InChI=1S/C22H23N3O/c1-17-9-8-12-19(15-17)25-21(22(26)24-13-6-3-7-14-24)16-20(23-25)18-10-4-2-5-11-18/h2,4-5,8-12,15-16H,3,6-7,13-14H2,1H3. The molecule has 132 valence electrons. The van der Waals surface area contributed by atoms with Gasteiger partial charge in [0, 0.05) is 18.7 Å². The smallest absolute Gasteiger partial charge is 0.272 e. The van der Waals surface area contributed by atoms with Crippen molar-refractivity contribution in [2.75, 3.05) is 13.1 Å². The van der Waals surface area contributed by atoms with E-state index in [0.29, 0.717) is 5.69 Å². The lowest BCUT2D eigenvalue weighted by Gasteiger charge is -2.26. The van der Waals surface area contributed by atoms with Crippen molar-refractivity contribution in [2.24, 2.45) is 0 Å². The average Bonchev–Trinajstić information content (AvgIpc) is 3.14. The van der Waals surface area contributed by atoms with Gasteiger partial charge in [-0.15, -0.1) is 0 Å². The summed E-state index contributed by atoms with van der Waals surface area (Å²) in [6.07, 6.45) is 3.36. The van der Waals surface area contributed by atoms with Crippen LogP contribution in [0.15, 0.2) is 60.7 Å². The molecule has 1 aliphatic heterocycles. The van der Waals surface area contributed by atoms with E-state index < -0.39 is 0 Å². The number of benzene rings is 2. The summed E-state index contributed by atoms with van der Waals surface area (Å²) in [7, 11) is 0. The minimum Gasteiger partial charge on any atom is -0.337 e. The third kappa shape index (κ3) is 3.27. The predicted molar refractivity (Wildman–Crippen MR) is 103 cm³/mol. The van der Waals surface area contributed by atoms with E-state index >= 15 is 0 Å². The summed E-state index contributed by atoms with van der Waals surface area (Å²) in [5.41, 5.74) is 4.55. The molecule has 1 aliphatic rings. The van der Waals surface area contributed by atoms with Crippen molar-refractivity contribution in [3.8, 4) is 16.9 Å². The summed E-state index contributed by atoms with van der Waals surface area (Å²) < 4.78 is 1.80. The molecule has 1 aromatic heterocycles. The first kappa shape index (κ1) is 16.6. The van der Waals surface area contributed by atoms with E-state index in [0.717, 1.165) is 48.4 Å². The second-order valence-electron chi connectivity index (χ2n) is 6.88. The molecular formula is C22H23N3O. The number of rotatable bonds is 3. The van der Waals surface area contributed by atoms with Crippen molar-refractivity contribution in [3.05, 3.63) is 71.9 Å². The van der Waals surface area contributed by atoms with Crippen molar-refractivity contribution < 1.29 is 4.79 Å². The third-order valence-corrected chi connectivity index (χ3v) is 4.89. The zero-order valence-electron chi connectivity index (χ0n) is 15.1. The molecule has 26 heavy (non-hydrogen) atoms. The van der Waals surface area contributed by atoms with Crippen LogP contribution in [0.1, 0.15) is 35.3 Å². The molecule has 0 radical (unpaired) electrons. The number of carbonyl (C=O) groups is 1. The Hall–Kier alpha value is -2.88. The Kier molecular flexibility index (Phi) is 4.57. The zero-order chi connectivity index (χ0) is 17.9. The van der Waals surface area contributed by atoms with Gasteiger partial charge in [0.15, 0.2) is 0 Å². The van der Waals surface area contributed by atoms with Gasteiger partial charge < -0.3 is 4.90 Å². The molecule has 3 aromatic rings. The molecule has 4 rings (SSSR count). The maximum atomic E-state index is 13.2. The fourth-order valence-electron chi connectivity index (χ4n) is 3.50. The second-order valence-corrected chi connectivity index (χ2v) is 6.88. The summed E-state index contributed by atoms with van der Waals surface area (Å²) in [5, 5.41) is 4.78. The van der Waals surface area contributed by atoms with Crippen LogP contribution in [-0.2, 0) is 0 Å². The van der Waals surface area contributed by atoms with Crippen molar-refractivity contribution in [3.63, 3.8) is 0 Å². The van der Waals surface area contributed by atoms with E-state index in [1.807, 2.05) is 53.4 Å². The number of carbonyl (C=O) groups excluding carboxylic acids is 1. The van der Waals surface area contributed by atoms with Crippen molar-refractivity contribution in [1.29, 1.82) is 0 Å². The highest BCUT2D eigenvalue weighted by Crippen LogP contribution is 2.24. The van der Waals surface area contributed by atoms with Crippen LogP contribution >= 0.6 is 0 Å². The van der Waals surface area contributed by atoms with E-state index in [1.165, 1.54) is 6.42 Å². The molecule has 1 saturated heterocycles. The first-order chi connectivity index (χ1) is 12.7. The van der Waals surface area contributed by atoms with Gasteiger partial charge in [-0.2, -0.15) is 5.10 Å². The summed E-state index contributed by atoms with van der Waals surface area (Å²) in [6.45, 7) is 3.72. The maximum Gasteiger partial charge on any atom is 0.272 e. The lowest BCUT2D eigenvalue weighted by Crippen LogP contribution is -2.36. The van der Waals surface area contributed by atoms with Crippen LogP contribution in [0.4, 0.5) is 0 Å². The van der Waals surface area contributed by atoms with Crippen LogP contribution in [0.2, 0.25) is 0 Å². The highest BCUT2D eigenvalue weighted by atomic mass is 16.2. The highest BCUT2D eigenvalue weighted by Gasteiger charge is 2.24. The van der Waals surface area contributed by atoms with E-state index in [4.69, 9.17) is 5.10 Å². The lowest BCUT2D eigenvalue weighted by atomic mass is 10.1. The van der Waals surface area contributed by atoms with Crippen molar-refractivity contribution in [2.45, 2.75) is 26.2 Å². The highest BCUT2D eigenvalue weighted by molar-refractivity contribution is 5.94. The number of aryl methyl sites for hydroxylation is 1. The molecular weight excluding hydrogens is 322 g/mol. The van der Waals surface area contributed by atoms with Crippen LogP contribution in [0, 0.1) is 6.92 Å². The van der Waals surface area contributed by atoms with E-state index in [-0.39, 0.29) is 5.91 Å². The topological polar surface area (TPSA) is 38.1 Å². The van der Waals surface area contributed by atoms with Crippen LogP contribution in [0.3, 0.4) is 0 Å². The van der Waals surface area contributed by atoms with Crippen LogP contribution in [-0.4, -0.2) is 33.7 Å². The van der Waals surface area contributed by atoms with Crippen molar-refractivity contribution in [1.82, 2.24) is 14.7 Å². The molecule has 0 atom stereocenters. The molecule has 0 aliphatic carbocycles. The molecule has 0 saturated carbocycles. The molecule has 0 N–H and O–H groups in total. The largest absolute Gasteiger partial charge is 0.337 e. The van der Waals surface area contributed by atoms with Gasteiger partial charge in [0.25, 0.3) is 5.91 Å². The first-order valence-corrected chi connectivity index (χ1v) is 9.24. The monoisotopic (exact) mass is 345 g/mol. The lowest BCUT2D eigenvalue weighted by molar-refractivity contribution is 0.0715. The molecule has 4 nitrogen and oxygen atoms in total. The Labute approximate surface area is 154 Å². The molecule has 0 spiro atoms. The van der Waals surface area contributed by atoms with Gasteiger partial charge in [-0.05, 0) is 49.9 Å². The molecule has 1 fully saturated rings. The molecule has 2 aromatic carbocycles. The quantitative estimate of drug-likeness (QED) is 0.702. The van der Waals surface area contributed by atoms with Gasteiger partial charge in [-0.1, -0.05) is 42.5 Å². The normalized spacial score (nSPS) is 14.4. The van der Waals surface area contributed by atoms with Crippen LogP contribution < -0.4 is 0 Å². The Bertz CT molecular complexity index is 908. The molecule has 0 bridgehead atoms. The Morgan fingerprint density at radius 2 is 1.69 bits per heavy atom. The molecule has 0 unspecified atom stereocenters. The fourth-order valence-corrected chi connectivity index (χ4v) is 3.50. The molecule has 4 heteroatoms. The van der Waals surface area contributed by atoms with Crippen LogP contribution in [0.5, 0.6) is 0 Å². The number of amides is 1. The van der Waals surface area contributed by atoms with Gasteiger partial charge in [0.1, 0.15) is 5.69 Å². The van der Waals surface area contributed by atoms with Crippen molar-refractivity contribution >= 4 is 5.91 Å². The van der Waals surface area contributed by atoms with Crippen LogP contribution in [0.25, 0.3) is 16.9 Å². The Balaban J connectivity index is 1.80. The minimum atomic E-state index is 0.0703. The number of nitrogens with zero attached hydrogens (tertiary/aromatic N) is 3. The maximum absolute atomic E-state index is 13.2. The van der Waals surface area contributed by atoms with Gasteiger partial charge >= 0.3 is 0 Å².